The third-order valence-corrected chi connectivity index (χ3v) is 4.89. The van der Waals surface area contributed by atoms with Gasteiger partial charge in [0.2, 0.25) is 5.91 Å². The summed E-state index contributed by atoms with van der Waals surface area (Å²) in [7, 11) is 1.89. The van der Waals surface area contributed by atoms with Crippen molar-refractivity contribution in [3.63, 3.8) is 0 Å². The van der Waals surface area contributed by atoms with Crippen molar-refractivity contribution < 1.29 is 18.7 Å². The van der Waals surface area contributed by atoms with Crippen molar-refractivity contribution in [3.05, 3.63) is 54.0 Å². The highest BCUT2D eigenvalue weighted by molar-refractivity contribution is 8.15. The van der Waals surface area contributed by atoms with Crippen LogP contribution in [0.3, 0.4) is 0 Å². The van der Waals surface area contributed by atoms with Gasteiger partial charge in [-0.2, -0.15) is 0 Å². The Kier molecular flexibility index (Phi) is 5.72. The Morgan fingerprint density at radius 2 is 2.15 bits per heavy atom. The van der Waals surface area contributed by atoms with Crippen LogP contribution in [0.5, 0.6) is 5.75 Å². The third kappa shape index (κ3) is 4.51. The van der Waals surface area contributed by atoms with E-state index in [0.717, 1.165) is 17.6 Å². The van der Waals surface area contributed by atoms with Crippen LogP contribution in [0.25, 0.3) is 0 Å². The van der Waals surface area contributed by atoms with Crippen LogP contribution in [0, 0.1) is 5.82 Å². The van der Waals surface area contributed by atoms with Crippen LogP contribution in [-0.4, -0.2) is 41.6 Å². The maximum Gasteiger partial charge on any atom is 0.286 e. The fourth-order valence-electron chi connectivity index (χ4n) is 2.52. The van der Waals surface area contributed by atoms with Gasteiger partial charge in [0, 0.05) is 13.2 Å². The summed E-state index contributed by atoms with van der Waals surface area (Å²) in [6.45, 7) is 0.859. The van der Waals surface area contributed by atoms with Crippen LogP contribution < -0.4 is 15.0 Å². The first kappa shape index (κ1) is 18.2. The number of imide groups is 1. The Morgan fingerprint density at radius 3 is 2.81 bits per heavy atom. The first-order chi connectivity index (χ1) is 12.5. The molecule has 0 spiro atoms. The lowest BCUT2D eigenvalue weighted by molar-refractivity contribution is -0.118. The van der Waals surface area contributed by atoms with E-state index < -0.39 is 11.1 Å². The molecule has 0 bridgehead atoms. The van der Waals surface area contributed by atoms with E-state index in [-0.39, 0.29) is 16.9 Å². The number of halogens is 1. The zero-order valence-corrected chi connectivity index (χ0v) is 15.0. The first-order valence-electron chi connectivity index (χ1n) is 8.08. The number of amides is 2. The lowest BCUT2D eigenvalue weighted by Crippen LogP contribution is -2.25. The summed E-state index contributed by atoms with van der Waals surface area (Å²) in [5.41, 5.74) is 0.641. The average Bonchev–Trinajstić information content (AvgIpc) is 2.94. The molecule has 1 aromatic heterocycles. The zero-order chi connectivity index (χ0) is 18.5. The van der Waals surface area contributed by atoms with E-state index in [9.17, 15) is 14.0 Å². The van der Waals surface area contributed by atoms with Crippen LogP contribution in [0.15, 0.2) is 42.6 Å². The molecule has 1 aliphatic heterocycles. The van der Waals surface area contributed by atoms with Gasteiger partial charge in [-0.1, -0.05) is 23.9 Å². The zero-order valence-electron chi connectivity index (χ0n) is 14.1. The number of rotatable bonds is 7. The number of likely N-dealkylation sites (N-methyl/N-ethyl adjacent to an activating group) is 1. The van der Waals surface area contributed by atoms with Crippen molar-refractivity contribution in [2.75, 3.05) is 25.1 Å². The Hall–Kier alpha value is -2.61. The summed E-state index contributed by atoms with van der Waals surface area (Å²) in [5, 5.41) is 1.35. The predicted octanol–water partition coefficient (Wildman–Crippen LogP) is 2.63. The molecule has 0 radical (unpaired) electrons. The number of carbonyl (C=O) groups excluding carboxylic acids is 2. The predicted molar refractivity (Wildman–Crippen MR) is 98.0 cm³/mol. The van der Waals surface area contributed by atoms with Gasteiger partial charge < -0.3 is 9.64 Å². The maximum absolute atomic E-state index is 14.2. The Bertz CT molecular complexity index is 804. The topological polar surface area (TPSA) is 71.5 Å². The number of benzene rings is 1. The highest BCUT2D eigenvalue weighted by atomic mass is 32.2. The molecule has 8 heteroatoms. The van der Waals surface area contributed by atoms with E-state index in [2.05, 4.69) is 10.3 Å². The minimum absolute atomic E-state index is 0.155. The van der Waals surface area contributed by atoms with Crippen LogP contribution in [0.4, 0.5) is 15.0 Å². The Labute approximate surface area is 154 Å². The third-order valence-electron chi connectivity index (χ3n) is 3.91. The van der Waals surface area contributed by atoms with Gasteiger partial charge in [-0.05, 0) is 36.2 Å². The largest absolute Gasteiger partial charge is 0.489 e. The number of thioether (sulfide) groups is 1. The molecule has 1 aromatic carbocycles. The molecule has 2 heterocycles. The second kappa shape index (κ2) is 8.18. The summed E-state index contributed by atoms with van der Waals surface area (Å²) in [5.74, 6) is 0.146. The molecular weight excluding hydrogens is 357 g/mol. The molecule has 0 aliphatic carbocycles. The summed E-state index contributed by atoms with van der Waals surface area (Å²) in [6.07, 6.45) is 2.00. The molecule has 2 amide bonds. The van der Waals surface area contributed by atoms with Crippen molar-refractivity contribution in [1.29, 1.82) is 0 Å². The number of nitrogens with one attached hydrogen (secondary N) is 1. The van der Waals surface area contributed by atoms with Crippen molar-refractivity contribution in [2.45, 2.75) is 11.7 Å². The molecular formula is C18H18FN3O3S. The monoisotopic (exact) mass is 375 g/mol. The van der Waals surface area contributed by atoms with Crippen LogP contribution >= 0.6 is 11.8 Å². The van der Waals surface area contributed by atoms with Crippen molar-refractivity contribution in [2.24, 2.45) is 0 Å². The van der Waals surface area contributed by atoms with Gasteiger partial charge in [-0.15, -0.1) is 0 Å². The number of carbonyl (C=O) groups is 2. The Morgan fingerprint density at radius 1 is 1.31 bits per heavy atom. The smallest absolute Gasteiger partial charge is 0.286 e. The SMILES string of the molecule is CN(CCOc1ccc(CC2SC(=O)NC2=O)cc1F)c1ccccn1. The first-order valence-corrected chi connectivity index (χ1v) is 8.96. The van der Waals surface area contributed by atoms with Crippen LogP contribution in [0.2, 0.25) is 0 Å². The summed E-state index contributed by atoms with van der Waals surface area (Å²) >= 11 is 0.929. The highest BCUT2D eigenvalue weighted by Crippen LogP contribution is 2.25. The van der Waals surface area contributed by atoms with Gasteiger partial charge >= 0.3 is 0 Å². The number of pyridine rings is 1. The molecule has 1 atom stereocenters. The van der Waals surface area contributed by atoms with Gasteiger partial charge in [-0.3, -0.25) is 14.9 Å². The van der Waals surface area contributed by atoms with Gasteiger partial charge in [0.1, 0.15) is 12.4 Å². The number of aromatic nitrogens is 1. The van der Waals surface area contributed by atoms with Gasteiger partial charge in [-0.25, -0.2) is 9.37 Å². The molecule has 1 N–H and O–H groups in total. The number of ether oxygens (including phenoxy) is 1. The number of hydrogen-bond donors (Lipinski definition) is 1. The maximum atomic E-state index is 14.2. The fourth-order valence-corrected chi connectivity index (χ4v) is 3.38. The summed E-state index contributed by atoms with van der Waals surface area (Å²) in [6, 6.07) is 10.2. The van der Waals surface area contributed by atoms with E-state index in [4.69, 9.17) is 4.74 Å². The van der Waals surface area contributed by atoms with Crippen LogP contribution in [0.1, 0.15) is 5.56 Å². The molecule has 1 saturated heterocycles. The minimum Gasteiger partial charge on any atom is -0.489 e. The Balaban J connectivity index is 1.53. The summed E-state index contributed by atoms with van der Waals surface area (Å²) in [4.78, 5) is 28.9. The summed E-state index contributed by atoms with van der Waals surface area (Å²) < 4.78 is 19.7. The normalized spacial score (nSPS) is 16.5. The van der Waals surface area contributed by atoms with E-state index >= 15 is 0 Å². The van der Waals surface area contributed by atoms with Gasteiger partial charge in [0.05, 0.1) is 11.8 Å². The average molecular weight is 375 g/mol. The molecule has 1 aliphatic rings. The minimum atomic E-state index is -0.513. The van der Waals surface area contributed by atoms with E-state index in [0.29, 0.717) is 25.1 Å². The molecule has 6 nitrogen and oxygen atoms in total. The van der Waals surface area contributed by atoms with Crippen LogP contribution in [-0.2, 0) is 11.2 Å². The standard InChI is InChI=1S/C18H18FN3O3S/c1-22(16-4-2-3-7-20-16)8-9-25-14-6-5-12(10-13(14)19)11-15-17(23)21-18(24)26-15/h2-7,10,15H,8-9,11H2,1H3,(H,21,23,24). The number of nitrogens with zero attached hydrogens (tertiary/aromatic N) is 2. The van der Waals surface area contributed by atoms with E-state index in [1.165, 1.54) is 6.07 Å². The van der Waals surface area contributed by atoms with E-state index in [1.54, 1.807) is 18.3 Å². The van der Waals surface area contributed by atoms with E-state index in [1.807, 2.05) is 30.1 Å². The number of hydrogen-bond acceptors (Lipinski definition) is 6. The molecule has 2 aromatic rings. The molecule has 136 valence electrons. The lowest BCUT2D eigenvalue weighted by atomic mass is 10.1. The quantitative estimate of drug-likeness (QED) is 0.802. The molecule has 3 rings (SSSR count). The molecule has 26 heavy (non-hydrogen) atoms. The van der Waals surface area contributed by atoms with Gasteiger partial charge in [0.25, 0.3) is 5.24 Å². The lowest BCUT2D eigenvalue weighted by Gasteiger charge is -2.18. The van der Waals surface area contributed by atoms with Crippen molar-refractivity contribution in [3.8, 4) is 5.75 Å². The van der Waals surface area contributed by atoms with Crippen molar-refractivity contribution >= 4 is 28.7 Å². The second-order valence-corrected chi connectivity index (χ2v) is 6.99. The van der Waals surface area contributed by atoms with Crippen molar-refractivity contribution in [1.82, 2.24) is 10.3 Å². The number of anilines is 1. The molecule has 1 fully saturated rings. The molecule has 1 unspecified atom stereocenters. The fraction of sp³-hybridized carbons (Fsp3) is 0.278. The van der Waals surface area contributed by atoms with Gasteiger partial charge in [0.15, 0.2) is 11.6 Å². The second-order valence-electron chi connectivity index (χ2n) is 5.81. The molecule has 0 saturated carbocycles. The highest BCUT2D eigenvalue weighted by Gasteiger charge is 2.31.